The molecule has 0 spiro atoms. The molecule has 0 radical (unpaired) electrons. The Bertz CT molecular complexity index is 4840. The second-order valence-corrected chi connectivity index (χ2v) is 34.7. The lowest BCUT2D eigenvalue weighted by Crippen LogP contribution is -2.56. The third-order valence-electron chi connectivity index (χ3n) is 23.8. The predicted molar refractivity (Wildman–Crippen MR) is 415 cm³/mol. The van der Waals surface area contributed by atoms with Gasteiger partial charge in [-0.3, -0.25) is 38.4 Å². The number of hydrogen-bond acceptors (Lipinski definition) is 23. The number of Topliss-reactive ketones (excluding diaryl/α,β-unsaturated/α-hetero) is 3. The molecule has 5 saturated carbocycles. The van der Waals surface area contributed by atoms with Crippen molar-refractivity contribution >= 4 is 80.1 Å². The van der Waals surface area contributed by atoms with E-state index in [1.54, 1.807) is 6.92 Å². The molecule has 31 heteroatoms. The van der Waals surface area contributed by atoms with Gasteiger partial charge in [-0.1, -0.05) is 75.5 Å². The van der Waals surface area contributed by atoms with Crippen molar-refractivity contribution in [1.29, 1.82) is 0 Å². The molecule has 115 heavy (non-hydrogen) atoms. The van der Waals surface area contributed by atoms with E-state index >= 15 is 28.8 Å². The molecule has 5 amide bonds. The van der Waals surface area contributed by atoms with Crippen LogP contribution in [0.15, 0.2) is 108 Å². The molecule has 14 atom stereocenters. The van der Waals surface area contributed by atoms with Gasteiger partial charge in [0.1, 0.15) is 89.2 Å². The van der Waals surface area contributed by atoms with E-state index in [9.17, 15) is 64.0 Å². The molecule has 6 aromatic rings. The van der Waals surface area contributed by atoms with Crippen molar-refractivity contribution in [2.75, 3.05) is 13.2 Å². The van der Waals surface area contributed by atoms with Crippen molar-refractivity contribution in [1.82, 2.24) is 26.0 Å². The molecule has 28 nitrogen and oxygen atoms in total. The van der Waals surface area contributed by atoms with Crippen molar-refractivity contribution in [3.05, 3.63) is 141 Å². The van der Waals surface area contributed by atoms with Crippen molar-refractivity contribution in [3.8, 4) is 62.9 Å². The van der Waals surface area contributed by atoms with Crippen LogP contribution >= 0.6 is 23.2 Å². The Hall–Kier alpha value is -9.43. The molecular formula is C84H95Cl2N5O23S. The molecule has 5 aliphatic carbocycles. The van der Waals surface area contributed by atoms with Crippen LogP contribution in [0, 0.1) is 53.3 Å². The number of fused-ring (bicyclic) bond motifs is 15. The summed E-state index contributed by atoms with van der Waals surface area (Å²) in [7, 11) is -4.83. The lowest BCUT2D eigenvalue weighted by molar-refractivity contribution is -0.157. The molecule has 0 unspecified atom stereocenters. The molecule has 614 valence electrons. The number of phenols is 3. The molecule has 5 heterocycles. The van der Waals surface area contributed by atoms with Crippen molar-refractivity contribution in [2.24, 2.45) is 53.3 Å². The number of sulfonamides is 1. The first-order valence-electron chi connectivity index (χ1n) is 39.1. The minimum absolute atomic E-state index is 0.0533. The van der Waals surface area contributed by atoms with E-state index in [1.165, 1.54) is 72.8 Å². The lowest BCUT2D eigenvalue weighted by atomic mass is 9.51. The molecule has 15 bridgehead atoms. The summed E-state index contributed by atoms with van der Waals surface area (Å²) in [6.45, 7) is 7.01. The third-order valence-corrected chi connectivity index (χ3v) is 25.8. The van der Waals surface area contributed by atoms with Crippen molar-refractivity contribution in [2.45, 2.75) is 189 Å². The van der Waals surface area contributed by atoms with Gasteiger partial charge < -0.3 is 86.2 Å². The average molecular weight is 1650 g/mol. The van der Waals surface area contributed by atoms with E-state index in [-0.39, 0.29) is 103 Å². The summed E-state index contributed by atoms with van der Waals surface area (Å²) in [6, 6.07) is 12.1. The van der Waals surface area contributed by atoms with Crippen LogP contribution in [0.1, 0.15) is 176 Å². The number of aliphatic hydroxyl groups excluding tert-OH is 6. The molecule has 5 aliphatic heterocycles. The number of hydrogen-bond donors (Lipinski definition) is 14. The molecule has 6 aromatic carbocycles. The van der Waals surface area contributed by atoms with Gasteiger partial charge in [0.05, 0.1) is 39.5 Å². The Morgan fingerprint density at radius 2 is 1.28 bits per heavy atom. The normalized spacial score (nSPS) is 28.2. The highest BCUT2D eigenvalue weighted by Gasteiger charge is 2.51. The zero-order valence-corrected chi connectivity index (χ0v) is 65.9. The van der Waals surface area contributed by atoms with Gasteiger partial charge in [-0.25, -0.2) is 13.1 Å². The summed E-state index contributed by atoms with van der Waals surface area (Å²) in [4.78, 5) is 124. The van der Waals surface area contributed by atoms with Crippen LogP contribution in [0.2, 0.25) is 10.0 Å². The number of rotatable bonds is 19. The second-order valence-electron chi connectivity index (χ2n) is 32.2. The summed E-state index contributed by atoms with van der Waals surface area (Å²) in [5.74, 6) is -17.1. The molecule has 5 fully saturated rings. The van der Waals surface area contributed by atoms with E-state index in [0.29, 0.717) is 37.0 Å². The number of aliphatic hydroxyl groups is 6. The number of amides is 5. The Morgan fingerprint density at radius 1 is 0.643 bits per heavy atom. The number of benzene rings is 6. The van der Waals surface area contributed by atoms with Crippen LogP contribution in [0.5, 0.6) is 51.7 Å². The highest BCUT2D eigenvalue weighted by atomic mass is 35.5. The number of carbonyl (C=O) groups excluding carboxylic acids is 8. The SMILES string of the molecule is CCCCOc1ccc(S(=O)(=O)NC(=O)C[C@@H]2CC(=O)[C@H](NC(=O)[C@H](CC)CC(C)C)[C@H](O)c3ccc(c(Cl)c3)Oc3cc4cc(c3O[C@@H]3C[C@H](CO)[C@@H](O)[C@H](O)[C@H]3O)Oc3ccc(cc3Cl)[C@@H](O)[C@@H]3NC(=O)[C@H](CC(=O)[C@@H]4NC2=O)c2ccc(O)c(c2)-c2c(O)cc(O)cc2[C@@H](C(=O)CC2C4CC5CC(C4)CC2C5)NC3=O)cc1. The first kappa shape index (κ1) is 83.5. The zero-order valence-electron chi connectivity index (χ0n) is 63.6. The quantitative estimate of drug-likeness (QED) is 0.0336. The molecule has 10 aliphatic rings. The number of aromatic hydroxyl groups is 3. The van der Waals surface area contributed by atoms with Crippen LogP contribution in [0.25, 0.3) is 11.1 Å². The number of ketones is 3. The maximum Gasteiger partial charge on any atom is 0.264 e. The van der Waals surface area contributed by atoms with Crippen LogP contribution < -0.4 is 44.9 Å². The monoisotopic (exact) mass is 1640 g/mol. The summed E-state index contributed by atoms with van der Waals surface area (Å²) >= 11 is 14.3. The summed E-state index contributed by atoms with van der Waals surface area (Å²) in [5, 5.41) is 116. The Kier molecular flexibility index (Phi) is 25.3. The van der Waals surface area contributed by atoms with E-state index < -0.39 is 207 Å². The Morgan fingerprint density at radius 3 is 1.89 bits per heavy atom. The fourth-order valence-electron chi connectivity index (χ4n) is 18.0. The zero-order chi connectivity index (χ0) is 82.3. The summed E-state index contributed by atoms with van der Waals surface area (Å²) in [6.07, 6.45) is -8.39. The summed E-state index contributed by atoms with van der Waals surface area (Å²) in [5.41, 5.74) is -1.63. The van der Waals surface area contributed by atoms with Crippen LogP contribution in [0.3, 0.4) is 0 Å². The third kappa shape index (κ3) is 17.9. The molecule has 16 rings (SSSR count). The van der Waals surface area contributed by atoms with E-state index in [1.807, 2.05) is 25.5 Å². The molecule has 14 N–H and O–H groups in total. The van der Waals surface area contributed by atoms with E-state index in [0.717, 1.165) is 68.9 Å². The van der Waals surface area contributed by atoms with Crippen molar-refractivity contribution in [3.63, 3.8) is 0 Å². The van der Waals surface area contributed by atoms with E-state index in [4.69, 9.17) is 42.1 Å². The standard InChI is InChI=1S/C84H95Cl2N5O23S/c1-5-7-18-111-51-11-13-52(14-12-51)115(109,110)91-69(99)32-48-28-61(96)73(89-81(105)41(6-2)19-38(3)4)75(100)43-9-16-64(57(85)26-43)112-67-29-47-30-68(80(67)114-66-31-49(37-92)77(102)79(104)78(66)103)113-65-17-10-44(27-58(65)86)76(101)74-84(108)88-72(63(98)35-53-45-21-39-20-40(23-45)24-46(53)22-39)56-33-50(93)34-60(95)70(56)55-25-42(8-15-59(55)94)54(83(107)90-74)36-62(97)71(47)87-82(48)106/h8-17,25-27,29-30,33-34,38-41,45-46,48-49,53-54,66,71-79,92-95,100-104H,5-7,18-24,28,31-32,35-37H2,1-4H3,(H,87,106)(H,88,108)(H,89,105)(H,90,107)(H,91,99)/t39?,40?,41-,45?,46?,48+,49-,53?,54-,66-,71-,72+,73+,74+,75-,76-,77-,78+,79+/m1/s1. The smallest absolute Gasteiger partial charge is 0.264 e. The topological polar surface area (TPSA) is 450 Å². The first-order valence-corrected chi connectivity index (χ1v) is 41.3. The van der Waals surface area contributed by atoms with Gasteiger partial charge >= 0.3 is 0 Å². The fraction of sp³-hybridized carbons (Fsp3) is 0.476. The first-order chi connectivity index (χ1) is 54.8. The largest absolute Gasteiger partial charge is 0.508 e. The fourth-order valence-corrected chi connectivity index (χ4v) is 19.4. The summed E-state index contributed by atoms with van der Waals surface area (Å²) < 4.78 is 56.1. The van der Waals surface area contributed by atoms with Gasteiger partial charge in [-0.05, 0) is 200 Å². The maximum atomic E-state index is 16.6. The molecular weight excluding hydrogens is 1550 g/mol. The van der Waals surface area contributed by atoms with Gasteiger partial charge in [0.15, 0.2) is 28.8 Å². The minimum atomic E-state index is -4.83. The Balaban J connectivity index is 1.000. The number of carbonyl (C=O) groups is 8. The number of halogens is 2. The van der Waals surface area contributed by atoms with Crippen LogP contribution in [-0.2, 0) is 48.4 Å². The van der Waals surface area contributed by atoms with E-state index in [2.05, 4.69) is 21.3 Å². The predicted octanol–water partition coefficient (Wildman–Crippen LogP) is 9.09. The van der Waals surface area contributed by atoms with Gasteiger partial charge in [0.25, 0.3) is 10.0 Å². The average Bonchev–Trinajstić information content (AvgIpc) is 0.757. The lowest BCUT2D eigenvalue weighted by Gasteiger charge is -2.54. The number of unbranched alkanes of at least 4 members (excludes halogenated alkanes) is 1. The van der Waals surface area contributed by atoms with Crippen LogP contribution in [-0.4, -0.2) is 151 Å². The number of nitrogens with one attached hydrogen (secondary N) is 5. The Labute approximate surface area is 673 Å². The van der Waals surface area contributed by atoms with Gasteiger partial charge in [-0.2, -0.15) is 0 Å². The second kappa shape index (κ2) is 34.8. The van der Waals surface area contributed by atoms with Crippen LogP contribution in [0.4, 0.5) is 0 Å². The van der Waals surface area contributed by atoms with Gasteiger partial charge in [0, 0.05) is 61.3 Å². The van der Waals surface area contributed by atoms with Crippen molar-refractivity contribution < 1.29 is 112 Å². The molecule has 0 aromatic heterocycles. The van der Waals surface area contributed by atoms with Gasteiger partial charge in [-0.15, -0.1) is 0 Å². The highest BCUT2D eigenvalue weighted by Crippen LogP contribution is 2.58. The highest BCUT2D eigenvalue weighted by molar-refractivity contribution is 7.90. The maximum absolute atomic E-state index is 16.6. The minimum Gasteiger partial charge on any atom is -0.508 e. The molecule has 0 saturated heterocycles. The number of ether oxygens (including phenoxy) is 4. The van der Waals surface area contributed by atoms with Gasteiger partial charge in [0.2, 0.25) is 35.3 Å². The number of phenolic OH excluding ortho intramolecular Hbond substituents is 3.